The fraction of sp³-hybridized carbons (Fsp3) is 0.0556. The van der Waals surface area contributed by atoms with Crippen LogP contribution >= 0.6 is 0 Å². The van der Waals surface area contributed by atoms with Crippen molar-refractivity contribution < 1.29 is 10.2 Å². The van der Waals surface area contributed by atoms with Crippen LogP contribution in [0.25, 0.3) is 22.6 Å². The molecular formula is C18H15N5O2. The van der Waals surface area contributed by atoms with Gasteiger partial charge in [-0.15, -0.1) is 0 Å². The minimum atomic E-state index is -0.108. The fourth-order valence-corrected chi connectivity index (χ4v) is 2.47. The quantitative estimate of drug-likeness (QED) is 0.538. The van der Waals surface area contributed by atoms with Crippen molar-refractivity contribution in [2.75, 3.05) is 5.73 Å². The molecule has 1 heterocycles. The molecule has 0 saturated heterocycles. The highest BCUT2D eigenvalue weighted by Gasteiger charge is 2.17. The van der Waals surface area contributed by atoms with E-state index in [0.29, 0.717) is 17.8 Å². The fourth-order valence-electron chi connectivity index (χ4n) is 2.47. The number of anilines is 1. The number of aromatic nitrogens is 2. The van der Waals surface area contributed by atoms with Crippen LogP contribution in [-0.2, 0) is 6.54 Å². The molecule has 0 unspecified atom stereocenters. The van der Waals surface area contributed by atoms with Gasteiger partial charge in [0, 0.05) is 12.1 Å². The molecule has 7 heteroatoms. The number of nitrogens with two attached hydrogens (primary N) is 2. The average Bonchev–Trinajstić information content (AvgIpc) is 2.63. The van der Waals surface area contributed by atoms with Gasteiger partial charge in [-0.2, -0.15) is 5.26 Å². The highest BCUT2D eigenvalue weighted by Crippen LogP contribution is 2.33. The van der Waals surface area contributed by atoms with Gasteiger partial charge in [0.05, 0.1) is 11.3 Å². The van der Waals surface area contributed by atoms with Gasteiger partial charge in [0.15, 0.2) is 5.82 Å². The monoisotopic (exact) mass is 333 g/mol. The first-order valence-electron chi connectivity index (χ1n) is 7.43. The second-order valence-corrected chi connectivity index (χ2v) is 5.37. The first-order chi connectivity index (χ1) is 12.0. The summed E-state index contributed by atoms with van der Waals surface area (Å²) in [7, 11) is 0. The van der Waals surface area contributed by atoms with Gasteiger partial charge in [-0.25, -0.2) is 9.97 Å². The lowest BCUT2D eigenvalue weighted by Gasteiger charge is -2.11. The molecule has 0 saturated carbocycles. The summed E-state index contributed by atoms with van der Waals surface area (Å²) in [5, 5.41) is 29.1. The van der Waals surface area contributed by atoms with Crippen LogP contribution in [0.5, 0.6) is 11.5 Å². The molecular weight excluding hydrogens is 318 g/mol. The van der Waals surface area contributed by atoms with E-state index in [4.69, 9.17) is 11.5 Å². The minimum Gasteiger partial charge on any atom is -0.508 e. The van der Waals surface area contributed by atoms with E-state index < -0.39 is 0 Å². The zero-order chi connectivity index (χ0) is 18.0. The maximum atomic E-state index is 10.0. The van der Waals surface area contributed by atoms with E-state index in [1.807, 2.05) is 24.3 Å². The zero-order valence-electron chi connectivity index (χ0n) is 13.1. The van der Waals surface area contributed by atoms with E-state index in [1.165, 1.54) is 18.2 Å². The lowest BCUT2D eigenvalue weighted by atomic mass is 10.0. The number of hydrogen-bond donors (Lipinski definition) is 4. The molecule has 3 aromatic rings. The van der Waals surface area contributed by atoms with Gasteiger partial charge in [0.2, 0.25) is 0 Å². The summed E-state index contributed by atoms with van der Waals surface area (Å²) in [5.74, 6) is -0.0592. The summed E-state index contributed by atoms with van der Waals surface area (Å²) in [5.41, 5.74) is 13.8. The van der Waals surface area contributed by atoms with Crippen LogP contribution in [0.2, 0.25) is 0 Å². The molecule has 0 bridgehead atoms. The molecule has 25 heavy (non-hydrogen) atoms. The Balaban J connectivity index is 2.26. The highest BCUT2D eigenvalue weighted by molar-refractivity contribution is 5.76. The Morgan fingerprint density at radius 3 is 2.60 bits per heavy atom. The molecule has 7 nitrogen and oxygen atoms in total. The smallest absolute Gasteiger partial charge is 0.166 e. The molecule has 0 radical (unpaired) electrons. The maximum Gasteiger partial charge on any atom is 0.166 e. The molecule has 6 N–H and O–H groups in total. The Kier molecular flexibility index (Phi) is 4.20. The molecule has 1 aromatic heterocycles. The predicted octanol–water partition coefficient (Wildman–Crippen LogP) is 2.13. The van der Waals surface area contributed by atoms with E-state index >= 15 is 0 Å². The standard InChI is InChI=1S/C18H15N5O2/c19-8-10-2-1-3-11(6-10)16-14(9-20)17(21)23-18(22-16)13-7-12(24)4-5-15(13)25/h1-7,24-25H,8,19H2,(H2,21,22,23). The number of hydrogen-bond acceptors (Lipinski definition) is 7. The van der Waals surface area contributed by atoms with Crippen molar-refractivity contribution in [3.8, 4) is 40.2 Å². The second-order valence-electron chi connectivity index (χ2n) is 5.37. The van der Waals surface area contributed by atoms with Gasteiger partial charge in [-0.05, 0) is 29.8 Å². The van der Waals surface area contributed by atoms with E-state index in [-0.39, 0.29) is 34.3 Å². The van der Waals surface area contributed by atoms with Gasteiger partial charge in [0.25, 0.3) is 0 Å². The molecule has 0 aliphatic heterocycles. The van der Waals surface area contributed by atoms with Crippen LogP contribution in [0.1, 0.15) is 11.1 Å². The van der Waals surface area contributed by atoms with E-state index in [0.717, 1.165) is 5.56 Å². The number of nitriles is 1. The normalized spacial score (nSPS) is 10.4. The molecule has 3 rings (SSSR count). The largest absolute Gasteiger partial charge is 0.508 e. The third kappa shape index (κ3) is 3.06. The van der Waals surface area contributed by atoms with E-state index in [9.17, 15) is 15.5 Å². The van der Waals surface area contributed by atoms with Gasteiger partial charge in [-0.1, -0.05) is 18.2 Å². The number of benzene rings is 2. The van der Waals surface area contributed by atoms with Crippen molar-refractivity contribution in [1.82, 2.24) is 9.97 Å². The van der Waals surface area contributed by atoms with Crippen molar-refractivity contribution in [2.24, 2.45) is 5.73 Å². The summed E-state index contributed by atoms with van der Waals surface area (Å²) in [4.78, 5) is 8.49. The van der Waals surface area contributed by atoms with Gasteiger partial charge < -0.3 is 21.7 Å². The molecule has 0 spiro atoms. The van der Waals surface area contributed by atoms with Gasteiger partial charge in [0.1, 0.15) is 28.9 Å². The van der Waals surface area contributed by atoms with Crippen LogP contribution in [0.15, 0.2) is 42.5 Å². The van der Waals surface area contributed by atoms with Crippen molar-refractivity contribution in [2.45, 2.75) is 6.54 Å². The molecule has 0 atom stereocenters. The molecule has 124 valence electrons. The maximum absolute atomic E-state index is 10.0. The van der Waals surface area contributed by atoms with Crippen LogP contribution in [-0.4, -0.2) is 20.2 Å². The summed E-state index contributed by atoms with van der Waals surface area (Å²) < 4.78 is 0. The first-order valence-corrected chi connectivity index (χ1v) is 7.43. The van der Waals surface area contributed by atoms with Crippen molar-refractivity contribution in [1.29, 1.82) is 5.26 Å². The van der Waals surface area contributed by atoms with Crippen LogP contribution in [0, 0.1) is 11.3 Å². The predicted molar refractivity (Wildman–Crippen MR) is 93.3 cm³/mol. The van der Waals surface area contributed by atoms with E-state index in [1.54, 1.807) is 6.07 Å². The Morgan fingerprint density at radius 2 is 1.88 bits per heavy atom. The Bertz CT molecular complexity index is 995. The molecule has 0 aliphatic carbocycles. The zero-order valence-corrected chi connectivity index (χ0v) is 13.1. The van der Waals surface area contributed by atoms with Gasteiger partial charge in [-0.3, -0.25) is 0 Å². The number of rotatable bonds is 3. The molecule has 0 fully saturated rings. The van der Waals surface area contributed by atoms with Gasteiger partial charge >= 0.3 is 0 Å². The van der Waals surface area contributed by atoms with Crippen molar-refractivity contribution in [3.05, 3.63) is 53.6 Å². The highest BCUT2D eigenvalue weighted by atomic mass is 16.3. The summed E-state index contributed by atoms with van der Waals surface area (Å²) in [6.45, 7) is 0.344. The van der Waals surface area contributed by atoms with Crippen molar-refractivity contribution >= 4 is 5.82 Å². The van der Waals surface area contributed by atoms with Crippen LogP contribution in [0.3, 0.4) is 0 Å². The molecule has 2 aromatic carbocycles. The minimum absolute atomic E-state index is 0.0107. The number of phenolic OH excluding ortho intramolecular Hbond substituents is 2. The number of nitrogens with zero attached hydrogens (tertiary/aromatic N) is 3. The molecule has 0 aliphatic rings. The van der Waals surface area contributed by atoms with Crippen LogP contribution < -0.4 is 11.5 Å². The average molecular weight is 333 g/mol. The molecule has 0 amide bonds. The van der Waals surface area contributed by atoms with Crippen molar-refractivity contribution in [3.63, 3.8) is 0 Å². The number of phenols is 2. The second kappa shape index (κ2) is 6.47. The number of aromatic hydroxyl groups is 2. The Labute approximate surface area is 143 Å². The summed E-state index contributed by atoms with van der Waals surface area (Å²) >= 11 is 0. The summed E-state index contributed by atoms with van der Waals surface area (Å²) in [6, 6.07) is 13.3. The lowest BCUT2D eigenvalue weighted by molar-refractivity contribution is 0.461. The first kappa shape index (κ1) is 16.2. The Morgan fingerprint density at radius 1 is 1.08 bits per heavy atom. The number of nitrogen functional groups attached to an aromatic ring is 1. The summed E-state index contributed by atoms with van der Waals surface area (Å²) in [6.07, 6.45) is 0. The van der Waals surface area contributed by atoms with Crippen LogP contribution in [0.4, 0.5) is 5.82 Å². The Hall–Kier alpha value is -3.63. The topological polar surface area (TPSA) is 142 Å². The SMILES string of the molecule is N#Cc1c(N)nc(-c2cc(O)ccc2O)nc1-c1cccc(CN)c1. The van der Waals surface area contributed by atoms with E-state index in [2.05, 4.69) is 9.97 Å². The third-order valence-corrected chi connectivity index (χ3v) is 3.71. The lowest BCUT2D eigenvalue weighted by Crippen LogP contribution is -2.04. The third-order valence-electron chi connectivity index (χ3n) is 3.71.